The van der Waals surface area contributed by atoms with Crippen LogP contribution in [0.4, 0.5) is 13.2 Å². The standard InChI is InChI=1S/C17H26F3NO2S/c1-7-16(6,22)17(19,20)13-10-8-9-12(14(13)18)11(2)21-24(23)15(3,4)5/h8-11,21-22H,7H2,1-6H3. The van der Waals surface area contributed by atoms with Crippen molar-refractivity contribution in [3.8, 4) is 0 Å². The van der Waals surface area contributed by atoms with Gasteiger partial charge >= 0.3 is 5.92 Å². The Bertz CT molecular complexity index is 573. The number of rotatable bonds is 6. The number of alkyl halides is 2. The van der Waals surface area contributed by atoms with E-state index in [0.29, 0.717) is 0 Å². The maximum atomic E-state index is 14.7. The highest BCUT2D eigenvalue weighted by Crippen LogP contribution is 2.42. The SMILES string of the molecule is CCC(C)(O)C(F)(F)c1cccc(C(C)N[S+]([O-])C(C)(C)C)c1F. The third kappa shape index (κ3) is 4.25. The first-order valence-electron chi connectivity index (χ1n) is 7.82. The van der Waals surface area contributed by atoms with Gasteiger partial charge in [0.05, 0.1) is 11.6 Å². The molecule has 2 N–H and O–H groups in total. The lowest BCUT2D eigenvalue weighted by atomic mass is 9.87. The van der Waals surface area contributed by atoms with Crippen LogP contribution in [-0.4, -0.2) is 20.0 Å². The average Bonchev–Trinajstić information content (AvgIpc) is 2.45. The van der Waals surface area contributed by atoms with Crippen LogP contribution in [0.3, 0.4) is 0 Å². The molecular weight excluding hydrogens is 339 g/mol. The van der Waals surface area contributed by atoms with Gasteiger partial charge in [-0.3, -0.25) is 0 Å². The van der Waals surface area contributed by atoms with E-state index in [0.717, 1.165) is 13.0 Å². The molecule has 3 unspecified atom stereocenters. The lowest BCUT2D eigenvalue weighted by molar-refractivity contribution is -0.181. The van der Waals surface area contributed by atoms with Gasteiger partial charge in [0.2, 0.25) is 0 Å². The molecule has 0 aliphatic rings. The van der Waals surface area contributed by atoms with Gasteiger partial charge in [0, 0.05) is 16.9 Å². The first-order chi connectivity index (χ1) is 10.8. The second-order valence-corrected chi connectivity index (χ2v) is 9.13. The molecule has 1 aromatic rings. The Balaban J connectivity index is 3.23. The normalized spacial score (nSPS) is 18.1. The summed E-state index contributed by atoms with van der Waals surface area (Å²) in [5.41, 5.74) is -3.24. The minimum atomic E-state index is -3.75. The molecule has 0 aromatic heterocycles. The van der Waals surface area contributed by atoms with Crippen LogP contribution >= 0.6 is 0 Å². The fourth-order valence-corrected chi connectivity index (χ4v) is 2.84. The molecule has 138 valence electrons. The van der Waals surface area contributed by atoms with Gasteiger partial charge in [-0.2, -0.15) is 8.78 Å². The number of hydrogen-bond donors (Lipinski definition) is 2. The molecule has 3 nitrogen and oxygen atoms in total. The van der Waals surface area contributed by atoms with Gasteiger partial charge in [-0.15, -0.1) is 4.72 Å². The van der Waals surface area contributed by atoms with Gasteiger partial charge in [0.15, 0.2) is 0 Å². The lowest BCUT2D eigenvalue weighted by Crippen LogP contribution is -2.43. The zero-order valence-electron chi connectivity index (χ0n) is 14.9. The molecule has 0 saturated carbocycles. The molecule has 0 fully saturated rings. The van der Waals surface area contributed by atoms with E-state index in [9.17, 15) is 22.8 Å². The summed E-state index contributed by atoms with van der Waals surface area (Å²) in [5.74, 6) is -4.84. The highest BCUT2D eigenvalue weighted by atomic mass is 32.2. The second-order valence-electron chi connectivity index (χ2n) is 7.13. The van der Waals surface area contributed by atoms with E-state index in [-0.39, 0.29) is 12.0 Å². The summed E-state index contributed by atoms with van der Waals surface area (Å²) in [7, 11) is 0. The third-order valence-electron chi connectivity index (χ3n) is 4.04. The fourth-order valence-electron chi connectivity index (χ4n) is 2.04. The number of halogens is 3. The largest absolute Gasteiger partial charge is 0.598 e. The Kier molecular flexibility index (Phi) is 6.42. The minimum absolute atomic E-state index is 0.0170. The van der Waals surface area contributed by atoms with Gasteiger partial charge in [0.1, 0.15) is 16.2 Å². The summed E-state index contributed by atoms with van der Waals surface area (Å²) in [5, 5.41) is 9.93. The van der Waals surface area contributed by atoms with Crippen LogP contribution in [-0.2, 0) is 17.3 Å². The summed E-state index contributed by atoms with van der Waals surface area (Å²) in [4.78, 5) is 0. The summed E-state index contributed by atoms with van der Waals surface area (Å²) < 4.78 is 58.0. The fraction of sp³-hybridized carbons (Fsp3) is 0.647. The molecule has 1 rings (SSSR count). The van der Waals surface area contributed by atoms with Crippen molar-refractivity contribution in [2.45, 2.75) is 70.3 Å². The Hall–Kier alpha value is -0.760. The van der Waals surface area contributed by atoms with Gasteiger partial charge < -0.3 is 9.66 Å². The van der Waals surface area contributed by atoms with E-state index in [1.165, 1.54) is 19.1 Å². The van der Waals surface area contributed by atoms with Crippen LogP contribution in [0.1, 0.15) is 65.1 Å². The Morgan fingerprint density at radius 1 is 1.25 bits per heavy atom. The van der Waals surface area contributed by atoms with Crippen molar-refractivity contribution in [2.75, 3.05) is 0 Å². The Labute approximate surface area is 145 Å². The number of nitrogens with one attached hydrogen (secondary N) is 1. The molecule has 0 radical (unpaired) electrons. The highest BCUT2D eigenvalue weighted by Gasteiger charge is 2.51. The second kappa shape index (κ2) is 7.23. The summed E-state index contributed by atoms with van der Waals surface area (Å²) >= 11 is -1.48. The lowest BCUT2D eigenvalue weighted by Gasteiger charge is -2.33. The van der Waals surface area contributed by atoms with E-state index >= 15 is 0 Å². The molecule has 0 saturated heterocycles. The smallest absolute Gasteiger partial charge is 0.303 e. The van der Waals surface area contributed by atoms with Crippen LogP contribution in [0.5, 0.6) is 0 Å². The molecule has 0 heterocycles. The molecule has 0 aliphatic carbocycles. The molecule has 0 spiro atoms. The number of benzene rings is 1. The summed E-state index contributed by atoms with van der Waals surface area (Å²) in [6, 6.07) is 2.92. The van der Waals surface area contributed by atoms with Gasteiger partial charge in [0.25, 0.3) is 0 Å². The molecule has 1 aromatic carbocycles. The first kappa shape index (κ1) is 21.3. The molecule has 0 amide bonds. The van der Waals surface area contributed by atoms with Crippen molar-refractivity contribution in [1.29, 1.82) is 0 Å². The highest BCUT2D eigenvalue weighted by molar-refractivity contribution is 7.90. The van der Waals surface area contributed by atoms with E-state index < -0.39 is 45.1 Å². The molecular formula is C17H26F3NO2S. The predicted molar refractivity (Wildman–Crippen MR) is 90.7 cm³/mol. The Morgan fingerprint density at radius 2 is 1.79 bits per heavy atom. The molecule has 24 heavy (non-hydrogen) atoms. The van der Waals surface area contributed by atoms with Crippen molar-refractivity contribution >= 4 is 11.4 Å². The third-order valence-corrected chi connectivity index (χ3v) is 5.72. The maximum absolute atomic E-state index is 14.7. The van der Waals surface area contributed by atoms with E-state index in [2.05, 4.69) is 4.72 Å². The minimum Gasteiger partial charge on any atom is -0.598 e. The van der Waals surface area contributed by atoms with Gasteiger partial charge in [-0.1, -0.05) is 19.1 Å². The first-order valence-corrected chi connectivity index (χ1v) is 8.97. The Morgan fingerprint density at radius 3 is 2.25 bits per heavy atom. The van der Waals surface area contributed by atoms with Crippen LogP contribution in [0.25, 0.3) is 0 Å². The molecule has 0 aliphatic heterocycles. The van der Waals surface area contributed by atoms with E-state index in [1.807, 2.05) is 0 Å². The number of hydrogen-bond acceptors (Lipinski definition) is 3. The van der Waals surface area contributed by atoms with Crippen molar-refractivity contribution in [3.63, 3.8) is 0 Å². The molecule has 3 atom stereocenters. The monoisotopic (exact) mass is 365 g/mol. The quantitative estimate of drug-likeness (QED) is 0.743. The van der Waals surface area contributed by atoms with E-state index in [1.54, 1.807) is 27.7 Å². The van der Waals surface area contributed by atoms with Crippen LogP contribution in [0.15, 0.2) is 18.2 Å². The van der Waals surface area contributed by atoms with Crippen LogP contribution < -0.4 is 4.72 Å². The van der Waals surface area contributed by atoms with Crippen LogP contribution in [0.2, 0.25) is 0 Å². The van der Waals surface area contributed by atoms with Crippen LogP contribution in [0, 0.1) is 5.82 Å². The maximum Gasteiger partial charge on any atom is 0.303 e. The zero-order valence-corrected chi connectivity index (χ0v) is 15.7. The van der Waals surface area contributed by atoms with Crippen molar-refractivity contribution in [3.05, 3.63) is 35.1 Å². The van der Waals surface area contributed by atoms with Crippen molar-refractivity contribution in [1.82, 2.24) is 4.72 Å². The number of aliphatic hydroxyl groups is 1. The van der Waals surface area contributed by atoms with Gasteiger partial charge in [-0.25, -0.2) is 4.39 Å². The average molecular weight is 365 g/mol. The summed E-state index contributed by atoms with van der Waals surface area (Å²) in [6.45, 7) is 9.20. The van der Waals surface area contributed by atoms with Crippen molar-refractivity contribution in [2.24, 2.45) is 0 Å². The van der Waals surface area contributed by atoms with Crippen molar-refractivity contribution < 1.29 is 22.8 Å². The van der Waals surface area contributed by atoms with E-state index in [4.69, 9.17) is 0 Å². The predicted octanol–water partition coefficient (Wildman–Crippen LogP) is 4.19. The molecule has 0 bridgehead atoms. The zero-order chi connectivity index (χ0) is 18.9. The molecule has 7 heteroatoms. The summed E-state index contributed by atoms with van der Waals surface area (Å²) in [6.07, 6.45) is -0.231. The van der Waals surface area contributed by atoms with Gasteiger partial charge in [-0.05, 0) is 47.1 Å². The topological polar surface area (TPSA) is 55.3 Å².